The number of anilines is 1. The molecule has 0 heterocycles. The lowest BCUT2D eigenvalue weighted by molar-refractivity contribution is -0.140. The highest BCUT2D eigenvalue weighted by atomic mass is 32.2. The summed E-state index contributed by atoms with van der Waals surface area (Å²) in [4.78, 5) is 28.5. The van der Waals surface area contributed by atoms with E-state index < -0.39 is 28.5 Å². The highest BCUT2D eigenvalue weighted by Gasteiger charge is 2.33. The minimum Gasteiger partial charge on any atom is -0.355 e. The molecule has 0 aliphatic carbocycles. The number of sulfonamides is 1. The normalized spacial score (nSPS) is 12.0. The third-order valence-electron chi connectivity index (χ3n) is 6.39. The van der Waals surface area contributed by atoms with E-state index >= 15 is 0 Å². The van der Waals surface area contributed by atoms with Gasteiger partial charge in [0, 0.05) is 13.1 Å². The molecule has 3 aromatic carbocycles. The van der Waals surface area contributed by atoms with Crippen molar-refractivity contribution in [3.63, 3.8) is 0 Å². The number of carbonyl (C=O) groups is 2. The van der Waals surface area contributed by atoms with Crippen LogP contribution in [0.15, 0.2) is 77.7 Å². The number of hydrogen-bond donors (Lipinski definition) is 1. The van der Waals surface area contributed by atoms with Crippen molar-refractivity contribution in [3.8, 4) is 0 Å². The van der Waals surface area contributed by atoms with Crippen molar-refractivity contribution in [2.75, 3.05) is 17.4 Å². The topological polar surface area (TPSA) is 86.8 Å². The van der Waals surface area contributed by atoms with Gasteiger partial charge >= 0.3 is 0 Å². The summed E-state index contributed by atoms with van der Waals surface area (Å²) in [5.74, 6) is -0.722. The van der Waals surface area contributed by atoms with E-state index in [2.05, 4.69) is 5.32 Å². The van der Waals surface area contributed by atoms with Crippen molar-refractivity contribution in [1.29, 1.82) is 0 Å². The Bertz CT molecular complexity index is 1350. The molecule has 0 spiro atoms. The van der Waals surface area contributed by atoms with Gasteiger partial charge in [0.15, 0.2) is 0 Å². The highest BCUT2D eigenvalue weighted by molar-refractivity contribution is 7.92. The Labute approximate surface area is 226 Å². The van der Waals surface area contributed by atoms with E-state index in [-0.39, 0.29) is 17.3 Å². The van der Waals surface area contributed by atoms with Crippen LogP contribution in [0.25, 0.3) is 0 Å². The van der Waals surface area contributed by atoms with Gasteiger partial charge in [0.2, 0.25) is 11.8 Å². The van der Waals surface area contributed by atoms with E-state index in [1.54, 1.807) is 42.5 Å². The van der Waals surface area contributed by atoms with Crippen molar-refractivity contribution in [1.82, 2.24) is 10.2 Å². The molecule has 0 unspecified atom stereocenters. The first-order valence-corrected chi connectivity index (χ1v) is 14.3. The van der Waals surface area contributed by atoms with E-state index in [1.807, 2.05) is 65.0 Å². The predicted octanol–water partition coefficient (Wildman–Crippen LogP) is 4.75. The van der Waals surface area contributed by atoms with E-state index in [0.717, 1.165) is 26.6 Å². The van der Waals surface area contributed by atoms with Crippen molar-refractivity contribution in [3.05, 3.63) is 95.1 Å². The van der Waals surface area contributed by atoms with Gasteiger partial charge in [-0.25, -0.2) is 8.42 Å². The molecule has 202 valence electrons. The molecule has 3 rings (SSSR count). The summed E-state index contributed by atoms with van der Waals surface area (Å²) in [6, 6.07) is 20.6. The predicted molar refractivity (Wildman–Crippen MR) is 151 cm³/mol. The Kier molecular flexibility index (Phi) is 9.69. The van der Waals surface area contributed by atoms with Gasteiger partial charge in [-0.05, 0) is 69.5 Å². The molecule has 2 amide bonds. The number of benzene rings is 3. The summed E-state index contributed by atoms with van der Waals surface area (Å²) >= 11 is 0. The van der Waals surface area contributed by atoms with Gasteiger partial charge in [-0.15, -0.1) is 0 Å². The highest BCUT2D eigenvalue weighted by Crippen LogP contribution is 2.26. The van der Waals surface area contributed by atoms with Crippen LogP contribution in [-0.2, 0) is 26.2 Å². The number of hydrogen-bond acceptors (Lipinski definition) is 4. The van der Waals surface area contributed by atoms with E-state index in [4.69, 9.17) is 0 Å². The molecule has 1 atom stereocenters. The monoisotopic (exact) mass is 535 g/mol. The molecule has 0 bridgehead atoms. The Balaban J connectivity index is 2.05. The van der Waals surface area contributed by atoms with Crippen LogP contribution in [0.3, 0.4) is 0 Å². The third-order valence-corrected chi connectivity index (χ3v) is 8.18. The Morgan fingerprint density at radius 3 is 2.00 bits per heavy atom. The summed E-state index contributed by atoms with van der Waals surface area (Å²) in [7, 11) is -4.07. The van der Waals surface area contributed by atoms with Gasteiger partial charge in [-0.3, -0.25) is 13.9 Å². The minimum atomic E-state index is -4.07. The molecule has 0 radical (unpaired) electrons. The maximum Gasteiger partial charge on any atom is 0.264 e. The van der Waals surface area contributed by atoms with Gasteiger partial charge in [0.25, 0.3) is 10.0 Å². The molecule has 8 heteroatoms. The molecule has 0 saturated heterocycles. The van der Waals surface area contributed by atoms with Crippen molar-refractivity contribution in [2.24, 2.45) is 0 Å². The average molecular weight is 536 g/mol. The molecular weight excluding hydrogens is 498 g/mol. The fraction of sp³-hybridized carbons (Fsp3) is 0.333. The number of aryl methyl sites for hydroxylation is 3. The second kappa shape index (κ2) is 12.7. The number of nitrogens with one attached hydrogen (secondary N) is 1. The van der Waals surface area contributed by atoms with Crippen LogP contribution in [0.2, 0.25) is 0 Å². The van der Waals surface area contributed by atoms with Crippen LogP contribution in [-0.4, -0.2) is 44.3 Å². The minimum absolute atomic E-state index is 0.0956. The summed E-state index contributed by atoms with van der Waals surface area (Å²) in [6.45, 7) is 9.57. The molecule has 7 nitrogen and oxygen atoms in total. The summed E-state index contributed by atoms with van der Waals surface area (Å²) < 4.78 is 28.9. The largest absolute Gasteiger partial charge is 0.355 e. The maximum absolute atomic E-state index is 14.0. The molecule has 3 aromatic rings. The zero-order valence-corrected chi connectivity index (χ0v) is 23.6. The lowest BCUT2D eigenvalue weighted by Crippen LogP contribution is -2.52. The zero-order chi connectivity index (χ0) is 27.9. The first-order valence-electron chi connectivity index (χ1n) is 12.9. The molecular formula is C30H37N3O4S. The van der Waals surface area contributed by atoms with Crippen LogP contribution in [0.4, 0.5) is 5.69 Å². The van der Waals surface area contributed by atoms with Gasteiger partial charge < -0.3 is 10.2 Å². The molecule has 0 fully saturated rings. The maximum atomic E-state index is 14.0. The van der Waals surface area contributed by atoms with Crippen LogP contribution in [0, 0.1) is 20.8 Å². The molecule has 0 saturated carbocycles. The molecule has 1 N–H and O–H groups in total. The van der Waals surface area contributed by atoms with Crippen molar-refractivity contribution < 1.29 is 18.0 Å². The first kappa shape index (κ1) is 28.9. The van der Waals surface area contributed by atoms with Gasteiger partial charge in [-0.2, -0.15) is 0 Å². The van der Waals surface area contributed by atoms with Crippen molar-refractivity contribution >= 4 is 27.5 Å². The summed E-state index contributed by atoms with van der Waals surface area (Å²) in [5, 5.41) is 2.82. The lowest BCUT2D eigenvalue weighted by Gasteiger charge is -2.33. The van der Waals surface area contributed by atoms with Crippen LogP contribution in [0.1, 0.15) is 42.5 Å². The van der Waals surface area contributed by atoms with Crippen LogP contribution in [0.5, 0.6) is 0 Å². The van der Waals surface area contributed by atoms with Crippen LogP contribution < -0.4 is 9.62 Å². The quantitative estimate of drug-likeness (QED) is 0.384. The van der Waals surface area contributed by atoms with E-state index in [9.17, 15) is 18.0 Å². The second-order valence-electron chi connectivity index (χ2n) is 9.49. The fourth-order valence-corrected chi connectivity index (χ4v) is 5.66. The Morgan fingerprint density at radius 1 is 0.842 bits per heavy atom. The van der Waals surface area contributed by atoms with Crippen molar-refractivity contribution in [2.45, 2.75) is 58.5 Å². The van der Waals surface area contributed by atoms with Gasteiger partial charge in [0.05, 0.1) is 10.6 Å². The molecule has 38 heavy (non-hydrogen) atoms. The molecule has 0 aromatic heterocycles. The number of amides is 2. The Morgan fingerprint density at radius 2 is 1.45 bits per heavy atom. The first-order chi connectivity index (χ1) is 18.1. The third kappa shape index (κ3) is 7.01. The van der Waals surface area contributed by atoms with E-state index in [1.165, 1.54) is 4.90 Å². The summed E-state index contributed by atoms with van der Waals surface area (Å²) in [5.41, 5.74) is 4.12. The van der Waals surface area contributed by atoms with E-state index in [0.29, 0.717) is 18.7 Å². The number of likely N-dealkylation sites (N-methyl/N-ethyl adjacent to an activating group) is 1. The smallest absolute Gasteiger partial charge is 0.264 e. The number of rotatable bonds is 11. The SMILES string of the molecule is CCNC(=O)[C@H](CC)N(Cc1ccc(C)cc1)C(=O)CN(c1cccc(C)c1)S(=O)(=O)c1ccc(C)cc1. The van der Waals surface area contributed by atoms with Gasteiger partial charge in [0.1, 0.15) is 12.6 Å². The van der Waals surface area contributed by atoms with Crippen LogP contribution >= 0.6 is 0 Å². The van der Waals surface area contributed by atoms with Gasteiger partial charge in [-0.1, -0.05) is 66.6 Å². The standard InChI is InChI=1S/C30H37N3O4S/c1-6-28(30(35)31-7-2)32(20-25-15-11-22(3)12-16-25)29(34)21-33(26-10-8-9-24(5)19-26)38(36,37)27-17-13-23(4)14-18-27/h8-19,28H,6-7,20-21H2,1-5H3,(H,31,35)/t28-/m0/s1. The molecule has 0 aliphatic heterocycles. The number of carbonyl (C=O) groups excluding carboxylic acids is 2. The molecule has 0 aliphatic rings. The Hall–Kier alpha value is -3.65. The second-order valence-corrected chi connectivity index (χ2v) is 11.4. The number of nitrogens with zero attached hydrogens (tertiary/aromatic N) is 2. The zero-order valence-electron chi connectivity index (χ0n) is 22.8. The lowest BCUT2D eigenvalue weighted by atomic mass is 10.1. The fourth-order valence-electron chi connectivity index (χ4n) is 4.25. The average Bonchev–Trinajstić information content (AvgIpc) is 2.88. The summed E-state index contributed by atoms with van der Waals surface area (Å²) in [6.07, 6.45) is 0.387.